The Labute approximate surface area is 163 Å². The van der Waals surface area contributed by atoms with E-state index in [9.17, 15) is 18.4 Å². The Morgan fingerprint density at radius 3 is 2.48 bits per heavy atom. The van der Waals surface area contributed by atoms with Crippen molar-refractivity contribution in [2.45, 2.75) is 65.1 Å². The van der Waals surface area contributed by atoms with Crippen LogP contribution in [-0.4, -0.2) is 52.6 Å². The highest BCUT2D eigenvalue weighted by Gasteiger charge is 2.49. The maximum Gasteiger partial charge on any atom is 0.308 e. The third-order valence-electron chi connectivity index (χ3n) is 5.72. The summed E-state index contributed by atoms with van der Waals surface area (Å²) in [7, 11) is 0. The molecule has 0 spiro atoms. The van der Waals surface area contributed by atoms with Gasteiger partial charge in [0, 0.05) is 5.41 Å². The summed E-state index contributed by atoms with van der Waals surface area (Å²) in [6.07, 6.45) is 2.93. The van der Waals surface area contributed by atoms with Gasteiger partial charge < -0.3 is 19.3 Å². The summed E-state index contributed by atoms with van der Waals surface area (Å²) in [6.45, 7) is 6.21. The minimum Gasteiger partial charge on any atom is -0.750 e. The minimum atomic E-state index is -2.57. The first kappa shape index (κ1) is 22.3. The molecule has 0 aromatic rings. The van der Waals surface area contributed by atoms with Crippen LogP contribution >= 0.6 is 0 Å². The molecule has 5 unspecified atom stereocenters. The first-order chi connectivity index (χ1) is 12.7. The van der Waals surface area contributed by atoms with E-state index in [0.717, 1.165) is 25.7 Å². The molecule has 5 atom stereocenters. The zero-order valence-electron chi connectivity index (χ0n) is 16.2. The van der Waals surface area contributed by atoms with Crippen LogP contribution in [0, 0.1) is 17.3 Å². The fraction of sp³-hybridized carbons (Fsp3) is 0.889. The molecule has 156 valence electrons. The van der Waals surface area contributed by atoms with E-state index in [2.05, 4.69) is 5.32 Å². The predicted octanol–water partition coefficient (Wildman–Crippen LogP) is 1.47. The van der Waals surface area contributed by atoms with Crippen molar-refractivity contribution in [2.75, 3.05) is 19.8 Å². The van der Waals surface area contributed by atoms with E-state index in [1.54, 1.807) is 0 Å². The fourth-order valence-corrected chi connectivity index (χ4v) is 4.17. The van der Waals surface area contributed by atoms with Crippen LogP contribution in [0.2, 0.25) is 0 Å². The Kier molecular flexibility index (Phi) is 8.20. The maximum atomic E-state index is 11.9. The van der Waals surface area contributed by atoms with Crippen molar-refractivity contribution in [1.29, 1.82) is 0 Å². The average Bonchev–Trinajstić information content (AvgIpc) is 3.20. The fourth-order valence-electron chi connectivity index (χ4n) is 3.72. The van der Waals surface area contributed by atoms with Gasteiger partial charge in [0.25, 0.3) is 0 Å². The van der Waals surface area contributed by atoms with Crippen molar-refractivity contribution in [2.24, 2.45) is 17.3 Å². The molecule has 2 saturated carbocycles. The molecule has 2 aliphatic carbocycles. The smallest absolute Gasteiger partial charge is 0.308 e. The number of carbonyl (C=O) groups is 2. The van der Waals surface area contributed by atoms with E-state index in [1.807, 2.05) is 20.8 Å². The van der Waals surface area contributed by atoms with Crippen LogP contribution < -0.4 is 5.32 Å². The Bertz CT molecular complexity index is 554. The molecule has 2 aliphatic rings. The highest BCUT2D eigenvalue weighted by atomic mass is 32.2. The van der Waals surface area contributed by atoms with Crippen molar-refractivity contribution in [3.05, 3.63) is 0 Å². The van der Waals surface area contributed by atoms with Crippen LogP contribution in [0.3, 0.4) is 0 Å². The Hall–Kier alpha value is -1.03. The van der Waals surface area contributed by atoms with Crippen molar-refractivity contribution < 1.29 is 32.0 Å². The molecule has 8 nitrogen and oxygen atoms in total. The van der Waals surface area contributed by atoms with Gasteiger partial charge in [-0.15, -0.1) is 0 Å². The SMILES string of the molecule is CCC(C)(C)C(=O)NCCOC(=O)CCOC1C2CCC(C2)C1OS(=O)[O-]. The lowest BCUT2D eigenvalue weighted by Gasteiger charge is -2.30. The number of carbonyl (C=O) groups excluding carboxylic acids is 2. The number of fused-ring (bicyclic) bond motifs is 2. The third kappa shape index (κ3) is 6.23. The molecule has 2 bridgehead atoms. The Morgan fingerprint density at radius 2 is 1.85 bits per heavy atom. The van der Waals surface area contributed by atoms with Crippen LogP contribution in [0.5, 0.6) is 0 Å². The Balaban J connectivity index is 1.62. The number of nitrogens with one attached hydrogen (secondary N) is 1. The summed E-state index contributed by atoms with van der Waals surface area (Å²) in [5.41, 5.74) is -0.440. The molecular weight excluding hydrogens is 374 g/mol. The zero-order chi connectivity index (χ0) is 20.0. The van der Waals surface area contributed by atoms with Gasteiger partial charge in [-0.3, -0.25) is 13.8 Å². The second kappa shape index (κ2) is 9.95. The molecule has 0 radical (unpaired) electrons. The van der Waals surface area contributed by atoms with Crippen LogP contribution in [0.4, 0.5) is 0 Å². The van der Waals surface area contributed by atoms with Gasteiger partial charge in [0.1, 0.15) is 12.7 Å². The minimum absolute atomic E-state index is 0.0672. The molecule has 2 fully saturated rings. The normalized spacial score (nSPS) is 28.1. The molecule has 0 heterocycles. The van der Waals surface area contributed by atoms with E-state index in [-0.39, 0.29) is 50.0 Å². The maximum absolute atomic E-state index is 11.9. The van der Waals surface area contributed by atoms with Gasteiger partial charge in [-0.05, 0) is 37.5 Å². The number of amides is 1. The van der Waals surface area contributed by atoms with E-state index in [4.69, 9.17) is 13.7 Å². The Morgan fingerprint density at radius 1 is 1.19 bits per heavy atom. The highest BCUT2D eigenvalue weighted by Crippen LogP contribution is 2.47. The highest BCUT2D eigenvalue weighted by molar-refractivity contribution is 7.74. The summed E-state index contributed by atoms with van der Waals surface area (Å²) < 4.78 is 37.5. The zero-order valence-corrected chi connectivity index (χ0v) is 17.0. The quantitative estimate of drug-likeness (QED) is 0.315. The van der Waals surface area contributed by atoms with Crippen molar-refractivity contribution >= 4 is 23.2 Å². The van der Waals surface area contributed by atoms with Gasteiger partial charge in [0.15, 0.2) is 0 Å². The van der Waals surface area contributed by atoms with E-state index in [1.165, 1.54) is 0 Å². The van der Waals surface area contributed by atoms with E-state index < -0.39 is 28.8 Å². The lowest BCUT2D eigenvalue weighted by atomic mass is 9.89. The summed E-state index contributed by atoms with van der Waals surface area (Å²) in [6, 6.07) is 0. The predicted molar refractivity (Wildman–Crippen MR) is 97.0 cm³/mol. The second-order valence-corrected chi connectivity index (χ2v) is 8.50. The van der Waals surface area contributed by atoms with Crippen molar-refractivity contribution in [1.82, 2.24) is 5.32 Å². The van der Waals surface area contributed by atoms with Crippen LogP contribution in [-0.2, 0) is 34.6 Å². The van der Waals surface area contributed by atoms with Crippen molar-refractivity contribution in [3.63, 3.8) is 0 Å². The largest absolute Gasteiger partial charge is 0.750 e. The molecule has 0 saturated heterocycles. The first-order valence-corrected chi connectivity index (χ1v) is 10.6. The van der Waals surface area contributed by atoms with Crippen molar-refractivity contribution in [3.8, 4) is 0 Å². The molecule has 1 amide bonds. The molecule has 2 rings (SSSR count). The average molecular weight is 405 g/mol. The molecule has 0 aromatic heterocycles. The molecule has 1 N–H and O–H groups in total. The van der Waals surface area contributed by atoms with Gasteiger partial charge in [0.05, 0.1) is 37.0 Å². The van der Waals surface area contributed by atoms with Crippen LogP contribution in [0.25, 0.3) is 0 Å². The number of hydrogen-bond donors (Lipinski definition) is 1. The number of ether oxygens (including phenoxy) is 2. The second-order valence-electron chi connectivity index (χ2n) is 7.90. The van der Waals surface area contributed by atoms with Gasteiger partial charge in [-0.2, -0.15) is 0 Å². The molecule has 27 heavy (non-hydrogen) atoms. The standard InChI is InChI=1S/C18H31NO7S/c1-4-18(2,3)17(21)19-8-10-24-14(20)7-9-25-15-12-5-6-13(11-12)16(15)26-27(22)23/h12-13,15-16H,4-11H2,1-3H3,(H,19,21)(H,22,23)/p-1. The van der Waals surface area contributed by atoms with Gasteiger partial charge >= 0.3 is 5.97 Å². The topological polar surface area (TPSA) is 114 Å². The molecular formula is C18H30NO7S-. The number of esters is 1. The first-order valence-electron chi connectivity index (χ1n) is 9.56. The van der Waals surface area contributed by atoms with Gasteiger partial charge in [0.2, 0.25) is 5.91 Å². The van der Waals surface area contributed by atoms with Gasteiger partial charge in [-0.1, -0.05) is 20.8 Å². The third-order valence-corrected chi connectivity index (χ3v) is 6.10. The lowest BCUT2D eigenvalue weighted by molar-refractivity contribution is -0.147. The monoisotopic (exact) mass is 404 g/mol. The van der Waals surface area contributed by atoms with Crippen LogP contribution in [0.15, 0.2) is 0 Å². The summed E-state index contributed by atoms with van der Waals surface area (Å²) in [5, 5.41) is 2.75. The van der Waals surface area contributed by atoms with E-state index in [0.29, 0.717) is 0 Å². The lowest BCUT2D eigenvalue weighted by Crippen LogP contribution is -2.38. The van der Waals surface area contributed by atoms with Gasteiger partial charge in [-0.25, -0.2) is 4.21 Å². The van der Waals surface area contributed by atoms with Crippen LogP contribution in [0.1, 0.15) is 52.9 Å². The van der Waals surface area contributed by atoms with E-state index >= 15 is 0 Å². The number of rotatable bonds is 11. The molecule has 9 heteroatoms. The molecule has 0 aliphatic heterocycles. The summed E-state index contributed by atoms with van der Waals surface area (Å²) >= 11 is -2.57. The number of hydrogen-bond acceptors (Lipinski definition) is 7. The summed E-state index contributed by atoms with van der Waals surface area (Å²) in [4.78, 5) is 23.7. The molecule has 0 aromatic carbocycles. The summed E-state index contributed by atoms with van der Waals surface area (Å²) in [5.74, 6) is 0.0204.